The van der Waals surface area contributed by atoms with Gasteiger partial charge in [0.2, 0.25) is 5.65 Å². The molecule has 5 heteroatoms. The minimum Gasteiger partial charge on any atom is -0.317 e. The van der Waals surface area contributed by atoms with Crippen LogP contribution in [-0.4, -0.2) is 14.4 Å². The Kier molecular flexibility index (Phi) is 3.91. The van der Waals surface area contributed by atoms with E-state index >= 15 is 0 Å². The first-order valence-electron chi connectivity index (χ1n) is 9.71. The second-order valence-electron chi connectivity index (χ2n) is 7.51. The number of H-pyrrole nitrogens is 1. The summed E-state index contributed by atoms with van der Waals surface area (Å²) < 4.78 is 1.87. The summed E-state index contributed by atoms with van der Waals surface area (Å²) in [5.74, 6) is 0. The van der Waals surface area contributed by atoms with Crippen molar-refractivity contribution in [2.75, 3.05) is 0 Å². The zero-order chi connectivity index (χ0) is 19.1. The van der Waals surface area contributed by atoms with Gasteiger partial charge in [0.15, 0.2) is 0 Å². The van der Waals surface area contributed by atoms with Gasteiger partial charge in [0.05, 0.1) is 16.9 Å². The molecule has 4 aromatic rings. The highest BCUT2D eigenvalue weighted by Gasteiger charge is 2.42. The number of rotatable bonds is 5. The molecular weight excluding hydrogens is 348 g/mol. The number of aromatic nitrogens is 3. The van der Waals surface area contributed by atoms with Crippen molar-refractivity contribution in [3.8, 4) is 11.3 Å². The Morgan fingerprint density at radius 3 is 2.68 bits per heavy atom. The van der Waals surface area contributed by atoms with E-state index in [1.165, 1.54) is 5.56 Å². The molecule has 1 unspecified atom stereocenters. The summed E-state index contributed by atoms with van der Waals surface area (Å²) in [6, 6.07) is 18.6. The van der Waals surface area contributed by atoms with E-state index in [9.17, 15) is 4.79 Å². The van der Waals surface area contributed by atoms with Crippen molar-refractivity contribution in [3.63, 3.8) is 0 Å². The highest BCUT2D eigenvalue weighted by atomic mass is 16.1. The Morgan fingerprint density at radius 1 is 1.04 bits per heavy atom. The minimum absolute atomic E-state index is 0.188. The molecule has 1 aliphatic rings. The van der Waals surface area contributed by atoms with E-state index in [1.54, 1.807) is 6.20 Å². The van der Waals surface area contributed by atoms with Crippen molar-refractivity contribution < 1.29 is 0 Å². The fourth-order valence-corrected chi connectivity index (χ4v) is 4.48. The molecule has 28 heavy (non-hydrogen) atoms. The van der Waals surface area contributed by atoms with E-state index in [1.807, 2.05) is 34.9 Å². The van der Waals surface area contributed by atoms with E-state index in [-0.39, 0.29) is 5.56 Å². The molecule has 3 N–H and O–H groups in total. The number of nitrogens with zero attached hydrogens (tertiary/aromatic N) is 2. The monoisotopic (exact) mass is 370 g/mol. The molecule has 0 saturated heterocycles. The van der Waals surface area contributed by atoms with Crippen molar-refractivity contribution in [1.82, 2.24) is 14.4 Å². The zero-order valence-corrected chi connectivity index (χ0v) is 15.6. The van der Waals surface area contributed by atoms with Crippen molar-refractivity contribution in [1.29, 1.82) is 0 Å². The lowest BCUT2D eigenvalue weighted by molar-refractivity contribution is 0.457. The summed E-state index contributed by atoms with van der Waals surface area (Å²) in [6.45, 7) is 0. The van der Waals surface area contributed by atoms with E-state index in [2.05, 4.69) is 40.3 Å². The third-order valence-corrected chi connectivity index (χ3v) is 5.79. The molecule has 2 heterocycles. The molecule has 0 fully saturated rings. The number of unbranched alkanes of at least 4 members (excludes halogenated alkanes) is 1. The number of hydrogen-bond donors (Lipinski definition) is 2. The molecule has 2 aromatic heterocycles. The number of imidazole rings is 1. The van der Waals surface area contributed by atoms with Gasteiger partial charge >= 0.3 is 0 Å². The summed E-state index contributed by atoms with van der Waals surface area (Å²) in [4.78, 5) is 19.7. The average Bonchev–Trinajstić information content (AvgIpc) is 3.30. The van der Waals surface area contributed by atoms with Crippen molar-refractivity contribution >= 4 is 5.65 Å². The van der Waals surface area contributed by atoms with Crippen LogP contribution in [-0.2, 0) is 12.0 Å². The van der Waals surface area contributed by atoms with E-state index in [4.69, 9.17) is 5.73 Å². The highest BCUT2D eigenvalue weighted by molar-refractivity contribution is 5.77. The lowest BCUT2D eigenvalue weighted by Crippen LogP contribution is -2.38. The molecule has 0 amide bonds. The summed E-state index contributed by atoms with van der Waals surface area (Å²) in [5.41, 5.74) is 11.8. The van der Waals surface area contributed by atoms with E-state index in [0.717, 1.165) is 48.2 Å². The van der Waals surface area contributed by atoms with Gasteiger partial charge in [-0.25, -0.2) is 4.98 Å². The number of hydrogen-bond acceptors (Lipinski definition) is 3. The van der Waals surface area contributed by atoms with Crippen molar-refractivity contribution in [3.05, 3.63) is 94.2 Å². The zero-order valence-electron chi connectivity index (χ0n) is 15.6. The molecule has 5 nitrogen and oxygen atoms in total. The number of fused-ring (bicyclic) bond motifs is 5. The van der Waals surface area contributed by atoms with E-state index < -0.39 is 5.54 Å². The first-order chi connectivity index (χ1) is 13.7. The Hall–Kier alpha value is -3.18. The summed E-state index contributed by atoms with van der Waals surface area (Å²) in [6.07, 6.45) is 7.40. The van der Waals surface area contributed by atoms with Gasteiger partial charge in [0.25, 0.3) is 5.56 Å². The second-order valence-corrected chi connectivity index (χ2v) is 7.51. The SMILES string of the molecule is NC1(CCCCc2ccccc2)c2ccccc2-c2[nH]c(=O)c3nccn3c21. The summed E-state index contributed by atoms with van der Waals surface area (Å²) in [5, 5.41) is 0. The quantitative estimate of drug-likeness (QED) is 0.527. The Labute approximate surface area is 162 Å². The number of aryl methyl sites for hydroxylation is 1. The number of aromatic amines is 1. The van der Waals surface area contributed by atoms with Crippen LogP contribution in [0.1, 0.15) is 36.1 Å². The summed E-state index contributed by atoms with van der Waals surface area (Å²) >= 11 is 0. The van der Waals surface area contributed by atoms with Gasteiger partial charge in [-0.1, -0.05) is 61.0 Å². The molecule has 0 spiro atoms. The molecule has 5 rings (SSSR count). The molecular formula is C23H22N4O. The molecule has 140 valence electrons. The fraction of sp³-hybridized carbons (Fsp3) is 0.217. The fourth-order valence-electron chi connectivity index (χ4n) is 4.48. The Bertz CT molecular complexity index is 1210. The molecule has 0 saturated carbocycles. The second kappa shape index (κ2) is 6.46. The van der Waals surface area contributed by atoms with E-state index in [0.29, 0.717) is 5.65 Å². The summed E-state index contributed by atoms with van der Waals surface area (Å²) in [7, 11) is 0. The van der Waals surface area contributed by atoms with Crippen LogP contribution in [0.15, 0.2) is 71.8 Å². The largest absolute Gasteiger partial charge is 0.317 e. The van der Waals surface area contributed by atoms with Gasteiger partial charge in [-0.15, -0.1) is 0 Å². The molecule has 2 aromatic carbocycles. The molecule has 0 radical (unpaired) electrons. The van der Waals surface area contributed by atoms with Crippen LogP contribution < -0.4 is 11.3 Å². The van der Waals surface area contributed by atoms with Gasteiger partial charge < -0.3 is 10.7 Å². The topological polar surface area (TPSA) is 76.2 Å². The normalized spacial score (nSPS) is 17.6. The lowest BCUT2D eigenvalue weighted by Gasteiger charge is -2.27. The van der Waals surface area contributed by atoms with Crippen LogP contribution in [0.4, 0.5) is 0 Å². The Balaban J connectivity index is 1.52. The van der Waals surface area contributed by atoms with Crippen LogP contribution in [0.3, 0.4) is 0 Å². The van der Waals surface area contributed by atoms with Gasteiger partial charge in [0.1, 0.15) is 0 Å². The minimum atomic E-state index is -0.647. The van der Waals surface area contributed by atoms with Crippen LogP contribution >= 0.6 is 0 Å². The van der Waals surface area contributed by atoms with Gasteiger partial charge in [-0.3, -0.25) is 9.20 Å². The van der Waals surface area contributed by atoms with Gasteiger partial charge in [0, 0.05) is 18.0 Å². The molecule has 1 atom stereocenters. The predicted molar refractivity (Wildman–Crippen MR) is 110 cm³/mol. The van der Waals surface area contributed by atoms with Gasteiger partial charge in [-0.2, -0.15) is 0 Å². The molecule has 0 bridgehead atoms. The highest BCUT2D eigenvalue weighted by Crippen LogP contribution is 2.46. The van der Waals surface area contributed by atoms with Crippen LogP contribution in [0.5, 0.6) is 0 Å². The van der Waals surface area contributed by atoms with Crippen molar-refractivity contribution in [2.24, 2.45) is 5.73 Å². The van der Waals surface area contributed by atoms with Crippen LogP contribution in [0, 0.1) is 0 Å². The van der Waals surface area contributed by atoms with Gasteiger partial charge in [-0.05, 0) is 30.4 Å². The number of nitrogens with one attached hydrogen (secondary N) is 1. The third kappa shape index (κ3) is 2.51. The molecule has 0 aliphatic heterocycles. The number of nitrogens with two attached hydrogens (primary N) is 1. The first kappa shape index (κ1) is 17.0. The predicted octanol–water partition coefficient (Wildman–Crippen LogP) is 3.62. The maximum absolute atomic E-state index is 12.5. The van der Waals surface area contributed by atoms with Crippen molar-refractivity contribution in [2.45, 2.75) is 31.2 Å². The maximum atomic E-state index is 12.5. The van der Waals surface area contributed by atoms with Crippen LogP contribution in [0.2, 0.25) is 0 Å². The lowest BCUT2D eigenvalue weighted by atomic mass is 9.86. The first-order valence-corrected chi connectivity index (χ1v) is 9.71. The average molecular weight is 370 g/mol. The standard InChI is InChI=1S/C23H22N4O/c24-23(13-7-6-10-16-8-2-1-3-9-16)18-12-5-4-11-17(18)19-20(23)27-15-14-25-21(27)22(28)26-19/h1-5,8-9,11-12,14-15H,6-7,10,13,24H2,(H,26,28). The third-order valence-electron chi connectivity index (χ3n) is 5.79. The van der Waals surface area contributed by atoms with Crippen LogP contribution in [0.25, 0.3) is 16.9 Å². The smallest absolute Gasteiger partial charge is 0.292 e. The number of benzene rings is 2. The maximum Gasteiger partial charge on any atom is 0.292 e. The molecule has 1 aliphatic carbocycles. The Morgan fingerprint density at radius 2 is 1.82 bits per heavy atom.